The molecular weight excluding hydrogens is 384 g/mol. The highest BCUT2D eigenvalue weighted by Crippen LogP contribution is 2.27. The lowest BCUT2D eigenvalue weighted by atomic mass is 9.86. The maximum atomic E-state index is 12.4. The number of aryl methyl sites for hydroxylation is 1. The summed E-state index contributed by atoms with van der Waals surface area (Å²) in [4.78, 5) is 16.9. The van der Waals surface area contributed by atoms with Crippen LogP contribution in [-0.2, 0) is 21.4 Å². The smallest absolute Gasteiger partial charge is 0.238 e. The number of nitrogens with one attached hydrogen (secondary N) is 1. The van der Waals surface area contributed by atoms with Crippen molar-refractivity contribution in [3.05, 3.63) is 18.2 Å². The van der Waals surface area contributed by atoms with E-state index in [-0.39, 0.29) is 22.6 Å². The average Bonchev–Trinajstić information content (AvgIpc) is 2.98. The number of carbonyl (C=O) groups is 1. The zero-order valence-electron chi connectivity index (χ0n) is 15.6. The van der Waals surface area contributed by atoms with Gasteiger partial charge in [0.25, 0.3) is 0 Å². The number of nitrogens with two attached hydrogens (primary N) is 1. The predicted octanol–water partition coefficient (Wildman–Crippen LogP) is 2.49. The van der Waals surface area contributed by atoms with Gasteiger partial charge < -0.3 is 9.88 Å². The number of hydrogen-bond donors (Lipinski definition) is 2. The van der Waals surface area contributed by atoms with Gasteiger partial charge in [0.2, 0.25) is 15.9 Å². The van der Waals surface area contributed by atoms with Gasteiger partial charge in [0, 0.05) is 12.6 Å². The van der Waals surface area contributed by atoms with E-state index in [0.717, 1.165) is 18.4 Å². The number of hydrogen-bond acceptors (Lipinski definition) is 5. The van der Waals surface area contributed by atoms with Crippen LogP contribution in [0.3, 0.4) is 0 Å². The lowest BCUT2D eigenvalue weighted by Crippen LogP contribution is -2.41. The minimum Gasteiger partial charge on any atom is -0.352 e. The lowest BCUT2D eigenvalue weighted by molar-refractivity contribution is -0.119. The summed E-state index contributed by atoms with van der Waals surface area (Å²) in [6.45, 7) is 4.86. The molecule has 9 heteroatoms. The minimum atomic E-state index is -3.77. The highest BCUT2D eigenvalue weighted by molar-refractivity contribution is 7.99. The van der Waals surface area contributed by atoms with Gasteiger partial charge in [0.05, 0.1) is 21.7 Å². The van der Waals surface area contributed by atoms with Crippen molar-refractivity contribution in [2.75, 3.05) is 5.75 Å². The summed E-state index contributed by atoms with van der Waals surface area (Å²) in [7, 11) is -3.77. The zero-order valence-corrected chi connectivity index (χ0v) is 17.3. The van der Waals surface area contributed by atoms with E-state index in [4.69, 9.17) is 5.14 Å². The van der Waals surface area contributed by atoms with E-state index in [1.54, 1.807) is 6.07 Å². The van der Waals surface area contributed by atoms with Crippen molar-refractivity contribution in [1.82, 2.24) is 14.9 Å². The second-order valence-corrected chi connectivity index (χ2v) is 9.56. The van der Waals surface area contributed by atoms with Crippen LogP contribution in [0.25, 0.3) is 11.0 Å². The molecule has 2 aromatic rings. The molecule has 1 fully saturated rings. The Kier molecular flexibility index (Phi) is 6.12. The molecule has 3 rings (SSSR count). The molecule has 0 spiro atoms. The Labute approximate surface area is 164 Å². The van der Waals surface area contributed by atoms with E-state index in [2.05, 4.69) is 17.2 Å². The van der Waals surface area contributed by atoms with Crippen LogP contribution in [0, 0.1) is 5.92 Å². The first-order valence-corrected chi connectivity index (χ1v) is 11.8. The second kappa shape index (κ2) is 8.20. The molecule has 1 aliphatic carbocycles. The fourth-order valence-corrected chi connectivity index (χ4v) is 5.01. The van der Waals surface area contributed by atoms with Gasteiger partial charge in [0.15, 0.2) is 5.16 Å². The summed E-state index contributed by atoms with van der Waals surface area (Å²) in [5, 5.41) is 9.05. The molecular formula is C18H26N4O3S2. The van der Waals surface area contributed by atoms with E-state index >= 15 is 0 Å². The van der Waals surface area contributed by atoms with Crippen molar-refractivity contribution in [2.24, 2.45) is 11.1 Å². The monoisotopic (exact) mass is 410 g/mol. The molecule has 7 nitrogen and oxygen atoms in total. The van der Waals surface area contributed by atoms with E-state index in [1.165, 1.54) is 36.7 Å². The first-order valence-electron chi connectivity index (χ1n) is 9.25. The molecule has 1 heterocycles. The number of thioether (sulfide) groups is 1. The topological polar surface area (TPSA) is 107 Å². The molecule has 1 amide bonds. The normalized spacial score (nSPS) is 20.7. The van der Waals surface area contributed by atoms with Gasteiger partial charge in [-0.25, -0.2) is 18.5 Å². The van der Waals surface area contributed by atoms with Gasteiger partial charge in [0.1, 0.15) is 0 Å². The molecule has 3 N–H and O–H groups in total. The summed E-state index contributed by atoms with van der Waals surface area (Å²) < 4.78 is 25.1. The Morgan fingerprint density at radius 3 is 2.78 bits per heavy atom. The van der Waals surface area contributed by atoms with Crippen LogP contribution in [0.2, 0.25) is 0 Å². The summed E-state index contributed by atoms with van der Waals surface area (Å²) in [6.07, 6.45) is 4.61. The van der Waals surface area contributed by atoms with Gasteiger partial charge in [-0.05, 0) is 43.9 Å². The predicted molar refractivity (Wildman–Crippen MR) is 107 cm³/mol. The number of aromatic nitrogens is 2. The van der Waals surface area contributed by atoms with Crippen LogP contribution >= 0.6 is 11.8 Å². The Balaban J connectivity index is 1.73. The molecule has 0 saturated heterocycles. The fraction of sp³-hybridized carbons (Fsp3) is 0.556. The van der Waals surface area contributed by atoms with Crippen molar-refractivity contribution in [3.8, 4) is 0 Å². The molecule has 1 saturated carbocycles. The molecule has 1 aromatic carbocycles. The summed E-state index contributed by atoms with van der Waals surface area (Å²) >= 11 is 1.37. The fourth-order valence-electron chi connectivity index (χ4n) is 3.59. The number of benzene rings is 1. The molecule has 1 aliphatic rings. The quantitative estimate of drug-likeness (QED) is 0.712. The van der Waals surface area contributed by atoms with Crippen molar-refractivity contribution >= 4 is 38.7 Å². The van der Waals surface area contributed by atoms with Crippen LogP contribution in [0.5, 0.6) is 0 Å². The number of rotatable bonds is 6. The Hall–Kier alpha value is -1.58. The highest BCUT2D eigenvalue weighted by atomic mass is 32.2. The third-order valence-corrected chi connectivity index (χ3v) is 7.01. The Morgan fingerprint density at radius 1 is 1.37 bits per heavy atom. The standard InChI is InChI=1S/C18H26N4O3S2/c1-3-22-16-9-8-13(27(19,24)25)10-15(16)21-18(22)26-11-17(23)20-14-7-5-4-6-12(14)2/h8-10,12,14H,3-7,11H2,1-2H3,(H,20,23)(H2,19,24,25)/t12-,14+/m0/s1. The summed E-state index contributed by atoms with van der Waals surface area (Å²) in [5.74, 6) is 0.817. The molecule has 0 radical (unpaired) electrons. The number of carbonyl (C=O) groups excluding carboxylic acids is 1. The van der Waals surface area contributed by atoms with Crippen molar-refractivity contribution in [3.63, 3.8) is 0 Å². The van der Waals surface area contributed by atoms with Crippen LogP contribution < -0.4 is 10.5 Å². The molecule has 1 aromatic heterocycles. The Morgan fingerprint density at radius 2 is 2.11 bits per heavy atom. The first-order chi connectivity index (χ1) is 12.8. The number of fused-ring (bicyclic) bond motifs is 1. The van der Waals surface area contributed by atoms with Crippen LogP contribution in [-0.4, -0.2) is 35.7 Å². The van der Waals surface area contributed by atoms with Gasteiger partial charge >= 0.3 is 0 Å². The largest absolute Gasteiger partial charge is 0.352 e. The van der Waals surface area contributed by atoms with Crippen molar-refractivity contribution in [1.29, 1.82) is 0 Å². The van der Waals surface area contributed by atoms with Gasteiger partial charge in [-0.1, -0.05) is 31.5 Å². The van der Waals surface area contributed by atoms with E-state index in [1.807, 2.05) is 11.5 Å². The summed E-state index contributed by atoms with van der Waals surface area (Å²) in [5.41, 5.74) is 1.39. The number of primary sulfonamides is 1. The Bertz CT molecular complexity index is 939. The van der Waals surface area contributed by atoms with Crippen LogP contribution in [0.4, 0.5) is 0 Å². The number of sulfonamides is 1. The van der Waals surface area contributed by atoms with Crippen LogP contribution in [0.1, 0.15) is 39.5 Å². The number of nitrogens with zero attached hydrogens (tertiary/aromatic N) is 2. The van der Waals surface area contributed by atoms with E-state index < -0.39 is 10.0 Å². The molecule has 148 valence electrons. The third kappa shape index (κ3) is 4.64. The SMILES string of the molecule is CCn1c(SCC(=O)N[C@@H]2CCCC[C@@H]2C)nc2cc(S(N)(=O)=O)ccc21. The second-order valence-electron chi connectivity index (χ2n) is 7.06. The van der Waals surface area contributed by atoms with E-state index in [9.17, 15) is 13.2 Å². The van der Waals surface area contributed by atoms with Crippen molar-refractivity contribution in [2.45, 2.75) is 62.2 Å². The third-order valence-electron chi connectivity index (χ3n) is 5.12. The van der Waals surface area contributed by atoms with Gasteiger partial charge in [-0.2, -0.15) is 0 Å². The highest BCUT2D eigenvalue weighted by Gasteiger charge is 2.23. The maximum Gasteiger partial charge on any atom is 0.238 e. The summed E-state index contributed by atoms with van der Waals surface area (Å²) in [6, 6.07) is 4.93. The van der Waals surface area contributed by atoms with Gasteiger partial charge in [-0.15, -0.1) is 0 Å². The van der Waals surface area contributed by atoms with Crippen LogP contribution in [0.15, 0.2) is 28.3 Å². The molecule has 2 atom stereocenters. The zero-order chi connectivity index (χ0) is 19.6. The minimum absolute atomic E-state index is 0.0127. The molecule has 27 heavy (non-hydrogen) atoms. The number of amides is 1. The molecule has 0 bridgehead atoms. The number of imidazole rings is 1. The maximum absolute atomic E-state index is 12.4. The molecule has 0 unspecified atom stereocenters. The van der Waals surface area contributed by atoms with Crippen molar-refractivity contribution < 1.29 is 13.2 Å². The van der Waals surface area contributed by atoms with Gasteiger partial charge in [-0.3, -0.25) is 4.79 Å². The molecule has 0 aliphatic heterocycles. The first kappa shape index (κ1) is 20.2. The van der Waals surface area contributed by atoms with E-state index in [0.29, 0.717) is 23.1 Å². The average molecular weight is 411 g/mol. The lowest BCUT2D eigenvalue weighted by Gasteiger charge is -2.29.